The van der Waals surface area contributed by atoms with Crippen molar-refractivity contribution in [3.8, 4) is 11.8 Å². The highest BCUT2D eigenvalue weighted by molar-refractivity contribution is 9.10. The fourth-order valence-electron chi connectivity index (χ4n) is 0.845. The smallest absolute Gasteiger partial charge is 0.229 e. The van der Waals surface area contributed by atoms with Crippen LogP contribution in [0.1, 0.15) is 12.0 Å². The van der Waals surface area contributed by atoms with Gasteiger partial charge in [0.05, 0.1) is 16.5 Å². The zero-order valence-electron chi connectivity index (χ0n) is 7.48. The highest BCUT2D eigenvalue weighted by Crippen LogP contribution is 2.19. The third-order valence-corrected chi connectivity index (χ3v) is 2.10. The van der Waals surface area contributed by atoms with E-state index in [0.29, 0.717) is 0 Å². The first-order valence-electron chi connectivity index (χ1n) is 3.92. The molecule has 0 saturated carbocycles. The molecule has 0 spiro atoms. The second-order valence-electron chi connectivity index (χ2n) is 2.69. The molecule has 1 rings (SSSR count). The maximum Gasteiger partial charge on any atom is 0.229 e. The molecule has 0 aliphatic rings. The molecule has 1 aromatic rings. The molecular formula is C10H6BrF2NO. The van der Waals surface area contributed by atoms with Crippen LogP contribution >= 0.6 is 15.9 Å². The van der Waals surface area contributed by atoms with Gasteiger partial charge in [0.15, 0.2) is 0 Å². The van der Waals surface area contributed by atoms with Crippen LogP contribution in [0.25, 0.3) is 0 Å². The predicted octanol–water partition coefficient (Wildman–Crippen LogP) is 1.95. The minimum Gasteiger partial charge on any atom is -0.369 e. The quantitative estimate of drug-likeness (QED) is 0.617. The summed E-state index contributed by atoms with van der Waals surface area (Å²) in [4.78, 5) is 10.3. The Morgan fingerprint density at radius 1 is 1.40 bits per heavy atom. The number of benzene rings is 1. The maximum atomic E-state index is 13.1. The van der Waals surface area contributed by atoms with E-state index in [1.54, 1.807) is 0 Å². The van der Waals surface area contributed by atoms with Gasteiger partial charge in [-0.3, -0.25) is 4.79 Å². The van der Waals surface area contributed by atoms with Gasteiger partial charge in [0.1, 0.15) is 11.6 Å². The van der Waals surface area contributed by atoms with E-state index >= 15 is 0 Å². The number of nitrogens with two attached hydrogens (primary N) is 1. The molecule has 0 atom stereocenters. The van der Waals surface area contributed by atoms with Crippen LogP contribution in [0.2, 0.25) is 0 Å². The minimum atomic E-state index is -0.653. The van der Waals surface area contributed by atoms with E-state index in [1.165, 1.54) is 0 Å². The fraction of sp³-hybridized carbons (Fsp3) is 0.100. The molecule has 2 N–H and O–H groups in total. The largest absolute Gasteiger partial charge is 0.369 e. The number of amides is 1. The van der Waals surface area contributed by atoms with E-state index in [9.17, 15) is 13.6 Å². The molecule has 0 bridgehead atoms. The van der Waals surface area contributed by atoms with Crippen molar-refractivity contribution >= 4 is 21.8 Å². The van der Waals surface area contributed by atoms with Gasteiger partial charge in [0.25, 0.3) is 0 Å². The summed E-state index contributed by atoms with van der Waals surface area (Å²) in [7, 11) is 0. The third-order valence-electron chi connectivity index (χ3n) is 1.50. The lowest BCUT2D eigenvalue weighted by molar-refractivity contribution is -0.117. The Morgan fingerprint density at radius 2 is 2.07 bits per heavy atom. The van der Waals surface area contributed by atoms with Crippen LogP contribution in [0, 0.1) is 23.5 Å². The third kappa shape index (κ3) is 3.33. The van der Waals surface area contributed by atoms with Gasteiger partial charge >= 0.3 is 0 Å². The molecule has 5 heteroatoms. The number of carbonyl (C=O) groups is 1. The van der Waals surface area contributed by atoms with E-state index in [2.05, 4.69) is 27.8 Å². The van der Waals surface area contributed by atoms with Crippen LogP contribution in [-0.4, -0.2) is 5.91 Å². The molecule has 0 aliphatic carbocycles. The van der Waals surface area contributed by atoms with Crippen molar-refractivity contribution in [2.75, 3.05) is 0 Å². The average molecular weight is 274 g/mol. The average Bonchev–Trinajstić information content (AvgIpc) is 2.13. The van der Waals surface area contributed by atoms with Gasteiger partial charge in [-0.1, -0.05) is 11.8 Å². The van der Waals surface area contributed by atoms with E-state index in [0.717, 1.165) is 12.1 Å². The van der Waals surface area contributed by atoms with Gasteiger partial charge in [-0.05, 0) is 28.1 Å². The van der Waals surface area contributed by atoms with E-state index in [4.69, 9.17) is 5.73 Å². The van der Waals surface area contributed by atoms with E-state index < -0.39 is 17.5 Å². The molecule has 0 aliphatic heterocycles. The van der Waals surface area contributed by atoms with Crippen molar-refractivity contribution in [1.82, 2.24) is 0 Å². The van der Waals surface area contributed by atoms with E-state index in [-0.39, 0.29) is 16.5 Å². The van der Waals surface area contributed by atoms with Crippen molar-refractivity contribution in [1.29, 1.82) is 0 Å². The normalized spacial score (nSPS) is 9.27. The Kier molecular flexibility index (Phi) is 3.81. The molecule has 0 heterocycles. The summed E-state index contributed by atoms with van der Waals surface area (Å²) in [6, 6.07) is 1.93. The fourth-order valence-corrected chi connectivity index (χ4v) is 1.16. The van der Waals surface area contributed by atoms with Gasteiger partial charge in [-0.15, -0.1) is 0 Å². The molecule has 0 unspecified atom stereocenters. The number of primary amides is 1. The van der Waals surface area contributed by atoms with Gasteiger partial charge in [0.2, 0.25) is 5.91 Å². The lowest BCUT2D eigenvalue weighted by Crippen LogP contribution is -2.08. The van der Waals surface area contributed by atoms with Gasteiger partial charge in [0, 0.05) is 0 Å². The Balaban J connectivity index is 2.98. The highest BCUT2D eigenvalue weighted by atomic mass is 79.9. The monoisotopic (exact) mass is 273 g/mol. The van der Waals surface area contributed by atoms with Crippen LogP contribution in [0.4, 0.5) is 8.78 Å². The van der Waals surface area contributed by atoms with Crippen molar-refractivity contribution in [2.45, 2.75) is 6.42 Å². The molecule has 78 valence electrons. The first kappa shape index (κ1) is 11.7. The molecule has 0 saturated heterocycles. The van der Waals surface area contributed by atoms with Crippen molar-refractivity contribution in [3.63, 3.8) is 0 Å². The Hall–Kier alpha value is -1.41. The predicted molar refractivity (Wildman–Crippen MR) is 54.7 cm³/mol. The maximum absolute atomic E-state index is 13.1. The van der Waals surface area contributed by atoms with E-state index in [1.807, 2.05) is 0 Å². The molecule has 15 heavy (non-hydrogen) atoms. The molecular weight excluding hydrogens is 268 g/mol. The number of hydrogen-bond acceptors (Lipinski definition) is 1. The summed E-state index contributed by atoms with van der Waals surface area (Å²) in [6.07, 6.45) is -0.183. The molecule has 0 fully saturated rings. The van der Waals surface area contributed by atoms with Gasteiger partial charge < -0.3 is 5.73 Å². The zero-order chi connectivity index (χ0) is 11.4. The second-order valence-corrected chi connectivity index (χ2v) is 3.55. The summed E-state index contributed by atoms with van der Waals surface area (Å²) >= 11 is 2.83. The van der Waals surface area contributed by atoms with Crippen molar-refractivity contribution < 1.29 is 13.6 Å². The summed E-state index contributed by atoms with van der Waals surface area (Å²) in [5, 5.41) is 0. The summed E-state index contributed by atoms with van der Waals surface area (Å²) < 4.78 is 26.1. The molecule has 2 nitrogen and oxygen atoms in total. The lowest BCUT2D eigenvalue weighted by Gasteiger charge is -1.97. The molecule has 0 aromatic heterocycles. The van der Waals surface area contributed by atoms with Crippen LogP contribution in [-0.2, 0) is 4.79 Å². The number of carbonyl (C=O) groups excluding carboxylic acids is 1. The van der Waals surface area contributed by atoms with Crippen molar-refractivity contribution in [2.24, 2.45) is 5.73 Å². The first-order chi connectivity index (χ1) is 7.00. The standard InChI is InChI=1S/C10H6BrF2NO/c11-7-5-8(12)6(4-9(7)13)2-1-3-10(14)15/h4-5H,3H2,(H2,14,15). The number of rotatable bonds is 1. The summed E-state index contributed by atoms with van der Waals surface area (Å²) in [6.45, 7) is 0. The lowest BCUT2D eigenvalue weighted by atomic mass is 10.2. The first-order valence-corrected chi connectivity index (χ1v) is 4.71. The molecule has 1 amide bonds. The SMILES string of the molecule is NC(=O)CC#Cc1cc(F)c(Br)cc1F. The Morgan fingerprint density at radius 3 is 2.67 bits per heavy atom. The number of hydrogen-bond donors (Lipinski definition) is 1. The zero-order valence-corrected chi connectivity index (χ0v) is 9.07. The van der Waals surface area contributed by atoms with Crippen LogP contribution in [0.5, 0.6) is 0 Å². The van der Waals surface area contributed by atoms with Crippen molar-refractivity contribution in [3.05, 3.63) is 33.8 Å². The topological polar surface area (TPSA) is 43.1 Å². The Bertz CT molecular complexity index is 462. The molecule has 0 radical (unpaired) electrons. The Labute approximate surface area is 93.6 Å². The minimum absolute atomic E-state index is 0.0282. The van der Waals surface area contributed by atoms with Crippen LogP contribution in [0.3, 0.4) is 0 Å². The van der Waals surface area contributed by atoms with Gasteiger partial charge in [-0.25, -0.2) is 8.78 Å². The van der Waals surface area contributed by atoms with Gasteiger partial charge in [-0.2, -0.15) is 0 Å². The molecule has 1 aromatic carbocycles. The second kappa shape index (κ2) is 4.89. The number of halogens is 3. The van der Waals surface area contributed by atoms with Crippen LogP contribution in [0.15, 0.2) is 16.6 Å². The van der Waals surface area contributed by atoms with Crippen LogP contribution < -0.4 is 5.73 Å². The highest BCUT2D eigenvalue weighted by Gasteiger charge is 2.05. The summed E-state index contributed by atoms with van der Waals surface area (Å²) in [5.41, 5.74) is 4.73. The summed E-state index contributed by atoms with van der Waals surface area (Å²) in [5.74, 6) is 2.79.